The zero-order chi connectivity index (χ0) is 10.8. The molecule has 1 heterocycles. The number of thiol groups is 1. The number of rotatable bonds is 1. The second-order valence-electron chi connectivity index (χ2n) is 3.40. The van der Waals surface area contributed by atoms with Gasteiger partial charge in [0.15, 0.2) is 0 Å². The Hall–Kier alpha value is -1.35. The Morgan fingerprint density at radius 3 is 2.60 bits per heavy atom. The highest BCUT2D eigenvalue weighted by Crippen LogP contribution is 2.22. The van der Waals surface area contributed by atoms with Gasteiger partial charge in [-0.05, 0) is 30.2 Å². The van der Waals surface area contributed by atoms with Crippen LogP contribution in [0.1, 0.15) is 5.56 Å². The predicted octanol–water partition coefficient (Wildman–Crippen LogP) is 3.48. The Morgan fingerprint density at radius 1 is 1.13 bits per heavy atom. The van der Waals surface area contributed by atoms with Gasteiger partial charge in [-0.2, -0.15) is 0 Å². The van der Waals surface area contributed by atoms with Crippen LogP contribution in [0.15, 0.2) is 41.6 Å². The highest BCUT2D eigenvalue weighted by Gasteiger charge is 2.02. The van der Waals surface area contributed by atoms with E-state index in [1.54, 1.807) is 25.4 Å². The van der Waals surface area contributed by atoms with Gasteiger partial charge in [-0.3, -0.25) is 4.98 Å². The van der Waals surface area contributed by atoms with Crippen molar-refractivity contribution in [2.75, 3.05) is 0 Å². The number of nitrogens with zero attached hydrogens (tertiary/aromatic N) is 1. The van der Waals surface area contributed by atoms with Crippen LogP contribution in [0.3, 0.4) is 0 Å². The van der Waals surface area contributed by atoms with Crippen molar-refractivity contribution in [3.05, 3.63) is 48.0 Å². The van der Waals surface area contributed by atoms with E-state index in [4.69, 9.17) is 0 Å². The number of halogens is 1. The Balaban J connectivity index is 2.50. The number of aromatic nitrogens is 1. The fourth-order valence-corrected chi connectivity index (χ4v) is 1.56. The molecule has 3 heteroatoms. The summed E-state index contributed by atoms with van der Waals surface area (Å²) >= 11 is 4.19. The summed E-state index contributed by atoms with van der Waals surface area (Å²) in [7, 11) is 0. The van der Waals surface area contributed by atoms with Crippen LogP contribution < -0.4 is 0 Å². The summed E-state index contributed by atoms with van der Waals surface area (Å²) in [6, 6.07) is 7.01. The number of hydrogen-bond acceptors (Lipinski definition) is 2. The highest BCUT2D eigenvalue weighted by molar-refractivity contribution is 7.80. The predicted molar refractivity (Wildman–Crippen MR) is 61.6 cm³/mol. The maximum Gasteiger partial charge on any atom is 0.126 e. The van der Waals surface area contributed by atoms with Crippen LogP contribution in [0.2, 0.25) is 0 Å². The summed E-state index contributed by atoms with van der Waals surface area (Å²) in [5.41, 5.74) is 2.34. The third-order valence-corrected chi connectivity index (χ3v) is 2.47. The molecule has 0 aliphatic heterocycles. The van der Waals surface area contributed by atoms with Gasteiger partial charge in [-0.25, -0.2) is 4.39 Å². The van der Waals surface area contributed by atoms with Crippen LogP contribution in [0.5, 0.6) is 0 Å². The van der Waals surface area contributed by atoms with Gasteiger partial charge in [0.1, 0.15) is 5.82 Å². The molecule has 76 valence electrons. The van der Waals surface area contributed by atoms with Gasteiger partial charge in [0.25, 0.3) is 0 Å². The van der Waals surface area contributed by atoms with Crippen LogP contribution in [0, 0.1) is 12.7 Å². The van der Waals surface area contributed by atoms with E-state index in [1.807, 2.05) is 12.1 Å². The van der Waals surface area contributed by atoms with Crippen LogP contribution in [-0.4, -0.2) is 4.98 Å². The van der Waals surface area contributed by atoms with E-state index in [1.165, 1.54) is 6.07 Å². The van der Waals surface area contributed by atoms with Gasteiger partial charge in [-0.1, -0.05) is 12.1 Å². The first-order valence-corrected chi connectivity index (χ1v) is 5.02. The second-order valence-corrected chi connectivity index (χ2v) is 3.91. The SMILES string of the molecule is Cc1ccc(-c2cncc(S)c2)cc1F. The fourth-order valence-electron chi connectivity index (χ4n) is 1.36. The molecular formula is C12H10FNS. The molecule has 0 radical (unpaired) electrons. The zero-order valence-corrected chi connectivity index (χ0v) is 9.13. The Bertz CT molecular complexity index is 497. The van der Waals surface area contributed by atoms with E-state index < -0.39 is 0 Å². The van der Waals surface area contributed by atoms with Crippen LogP contribution in [0.25, 0.3) is 11.1 Å². The first-order chi connectivity index (χ1) is 7.16. The van der Waals surface area contributed by atoms with Crippen molar-refractivity contribution in [2.45, 2.75) is 11.8 Å². The van der Waals surface area contributed by atoms with Gasteiger partial charge >= 0.3 is 0 Å². The van der Waals surface area contributed by atoms with E-state index in [9.17, 15) is 4.39 Å². The van der Waals surface area contributed by atoms with Crippen LogP contribution in [-0.2, 0) is 0 Å². The average Bonchev–Trinajstić information content (AvgIpc) is 2.22. The molecule has 0 fully saturated rings. The topological polar surface area (TPSA) is 12.9 Å². The molecule has 1 aromatic heterocycles. The summed E-state index contributed by atoms with van der Waals surface area (Å²) in [6.07, 6.45) is 3.35. The first-order valence-electron chi connectivity index (χ1n) is 4.57. The van der Waals surface area contributed by atoms with Crippen molar-refractivity contribution >= 4 is 12.6 Å². The van der Waals surface area contributed by atoms with E-state index in [-0.39, 0.29) is 5.82 Å². The quantitative estimate of drug-likeness (QED) is 0.724. The van der Waals surface area contributed by atoms with Gasteiger partial charge in [0.2, 0.25) is 0 Å². The minimum absolute atomic E-state index is 0.197. The molecule has 0 aliphatic carbocycles. The lowest BCUT2D eigenvalue weighted by molar-refractivity contribution is 0.619. The molecule has 2 rings (SSSR count). The molecule has 0 saturated carbocycles. The molecule has 15 heavy (non-hydrogen) atoms. The van der Waals surface area contributed by atoms with Crippen molar-refractivity contribution in [3.8, 4) is 11.1 Å². The molecule has 1 aromatic carbocycles. The molecule has 1 nitrogen and oxygen atoms in total. The maximum absolute atomic E-state index is 13.3. The lowest BCUT2D eigenvalue weighted by atomic mass is 10.1. The van der Waals surface area contributed by atoms with E-state index in [0.29, 0.717) is 5.56 Å². The number of pyridine rings is 1. The number of aryl methyl sites for hydroxylation is 1. The molecule has 0 aliphatic rings. The first kappa shape index (κ1) is 10.2. The maximum atomic E-state index is 13.3. The lowest BCUT2D eigenvalue weighted by Crippen LogP contribution is -1.85. The molecule has 2 aromatic rings. The molecule has 0 spiro atoms. The zero-order valence-electron chi connectivity index (χ0n) is 8.24. The van der Waals surface area contributed by atoms with Gasteiger partial charge in [0.05, 0.1) is 0 Å². The monoisotopic (exact) mass is 219 g/mol. The fraction of sp³-hybridized carbons (Fsp3) is 0.0833. The smallest absolute Gasteiger partial charge is 0.126 e. The summed E-state index contributed by atoms with van der Waals surface area (Å²) in [6.45, 7) is 1.74. The molecule has 0 atom stereocenters. The molecule has 0 bridgehead atoms. The van der Waals surface area contributed by atoms with Crippen molar-refractivity contribution in [1.29, 1.82) is 0 Å². The standard InChI is InChI=1S/C12H10FNS/c1-8-2-3-9(5-12(8)13)10-4-11(15)7-14-6-10/h2-7,15H,1H3. The minimum atomic E-state index is -0.197. The third kappa shape index (κ3) is 2.18. The summed E-state index contributed by atoms with van der Waals surface area (Å²) in [5, 5.41) is 0. The Kier molecular flexibility index (Phi) is 2.73. The minimum Gasteiger partial charge on any atom is -0.263 e. The van der Waals surface area contributed by atoms with Crippen molar-refractivity contribution in [1.82, 2.24) is 4.98 Å². The van der Waals surface area contributed by atoms with Crippen molar-refractivity contribution < 1.29 is 4.39 Å². The summed E-state index contributed by atoms with van der Waals surface area (Å²) in [4.78, 5) is 4.79. The molecule has 0 amide bonds. The van der Waals surface area contributed by atoms with Crippen LogP contribution in [0.4, 0.5) is 4.39 Å². The van der Waals surface area contributed by atoms with Gasteiger partial charge in [-0.15, -0.1) is 12.6 Å². The highest BCUT2D eigenvalue weighted by atomic mass is 32.1. The second kappa shape index (κ2) is 4.03. The normalized spacial score (nSPS) is 10.3. The third-order valence-electron chi connectivity index (χ3n) is 2.23. The summed E-state index contributed by atoms with van der Waals surface area (Å²) in [5.74, 6) is -0.197. The van der Waals surface area contributed by atoms with Crippen LogP contribution >= 0.6 is 12.6 Å². The number of benzene rings is 1. The molecule has 0 N–H and O–H groups in total. The largest absolute Gasteiger partial charge is 0.263 e. The molecule has 0 unspecified atom stereocenters. The van der Waals surface area contributed by atoms with Gasteiger partial charge in [0, 0.05) is 22.9 Å². The van der Waals surface area contributed by atoms with Crippen molar-refractivity contribution in [2.24, 2.45) is 0 Å². The molecule has 0 saturated heterocycles. The van der Waals surface area contributed by atoms with E-state index in [0.717, 1.165) is 16.0 Å². The average molecular weight is 219 g/mol. The molecular weight excluding hydrogens is 209 g/mol. The lowest BCUT2D eigenvalue weighted by Gasteiger charge is -2.03. The van der Waals surface area contributed by atoms with E-state index in [2.05, 4.69) is 17.6 Å². The Labute approximate surface area is 93.4 Å². The Morgan fingerprint density at radius 2 is 1.93 bits per heavy atom. The van der Waals surface area contributed by atoms with Crippen molar-refractivity contribution in [3.63, 3.8) is 0 Å². The summed E-state index contributed by atoms with van der Waals surface area (Å²) < 4.78 is 13.3. The number of hydrogen-bond donors (Lipinski definition) is 1. The van der Waals surface area contributed by atoms with Gasteiger partial charge < -0.3 is 0 Å². The van der Waals surface area contributed by atoms with E-state index >= 15 is 0 Å².